The molecule has 0 aromatic heterocycles. The average molecular weight is 263 g/mol. The molecule has 0 saturated heterocycles. The lowest BCUT2D eigenvalue weighted by molar-refractivity contribution is -0.138. The fourth-order valence-corrected chi connectivity index (χ4v) is 2.03. The third kappa shape index (κ3) is 3.79. The van der Waals surface area contributed by atoms with Crippen molar-refractivity contribution in [3.63, 3.8) is 0 Å². The Bertz CT molecular complexity index is 465. The molecule has 1 fully saturated rings. The Hall–Kier alpha value is -1.88. The van der Waals surface area contributed by atoms with Gasteiger partial charge in [-0.2, -0.15) is 0 Å². The van der Waals surface area contributed by atoms with Crippen LogP contribution in [0, 0.1) is 0 Å². The van der Waals surface area contributed by atoms with E-state index in [0.717, 1.165) is 18.4 Å². The summed E-state index contributed by atoms with van der Waals surface area (Å²) >= 11 is 0. The number of methoxy groups -OCH3 is 1. The fourth-order valence-electron chi connectivity index (χ4n) is 2.03. The first-order valence-electron chi connectivity index (χ1n) is 6.23. The summed E-state index contributed by atoms with van der Waals surface area (Å²) in [6.07, 6.45) is 2.13. The van der Waals surface area contributed by atoms with Crippen LogP contribution in [-0.4, -0.2) is 41.6 Å². The summed E-state index contributed by atoms with van der Waals surface area (Å²) in [7, 11) is 1.35. The quantitative estimate of drug-likeness (QED) is 0.788. The first-order valence-corrected chi connectivity index (χ1v) is 6.23. The van der Waals surface area contributed by atoms with Crippen molar-refractivity contribution in [2.45, 2.75) is 25.4 Å². The van der Waals surface area contributed by atoms with Crippen LogP contribution in [0.1, 0.15) is 28.8 Å². The highest BCUT2D eigenvalue weighted by atomic mass is 16.5. The molecule has 0 atom stereocenters. The number of carboxylic acid groups (broad SMARTS) is 1. The predicted molar refractivity (Wildman–Crippen MR) is 68.8 cm³/mol. The van der Waals surface area contributed by atoms with E-state index >= 15 is 0 Å². The van der Waals surface area contributed by atoms with Crippen molar-refractivity contribution in [1.82, 2.24) is 4.90 Å². The lowest BCUT2D eigenvalue weighted by atomic mass is 10.1. The van der Waals surface area contributed by atoms with Crippen molar-refractivity contribution in [3.8, 4) is 0 Å². The summed E-state index contributed by atoms with van der Waals surface area (Å²) in [6, 6.07) is 7.46. The Morgan fingerprint density at radius 3 is 2.42 bits per heavy atom. The van der Waals surface area contributed by atoms with Crippen LogP contribution >= 0.6 is 0 Å². The molecule has 1 saturated carbocycles. The van der Waals surface area contributed by atoms with Gasteiger partial charge in [0.05, 0.1) is 19.2 Å². The summed E-state index contributed by atoms with van der Waals surface area (Å²) in [5.41, 5.74) is 1.50. The molecule has 5 nitrogen and oxygen atoms in total. The number of carbonyl (C=O) groups excluding carboxylic acids is 1. The van der Waals surface area contributed by atoms with Crippen molar-refractivity contribution < 1.29 is 19.4 Å². The number of hydrogen-bond donors (Lipinski definition) is 1. The molecular weight excluding hydrogens is 246 g/mol. The van der Waals surface area contributed by atoms with Gasteiger partial charge in [-0.05, 0) is 30.5 Å². The molecule has 0 unspecified atom stereocenters. The molecule has 1 aliphatic rings. The van der Waals surface area contributed by atoms with E-state index in [9.17, 15) is 9.59 Å². The van der Waals surface area contributed by atoms with Crippen molar-refractivity contribution >= 4 is 11.9 Å². The molecule has 0 spiro atoms. The van der Waals surface area contributed by atoms with Crippen LogP contribution in [0.15, 0.2) is 24.3 Å². The molecule has 19 heavy (non-hydrogen) atoms. The van der Waals surface area contributed by atoms with Crippen molar-refractivity contribution in [2.24, 2.45) is 0 Å². The van der Waals surface area contributed by atoms with Crippen LogP contribution < -0.4 is 0 Å². The first kappa shape index (κ1) is 13.5. The number of carbonyl (C=O) groups is 2. The second kappa shape index (κ2) is 5.84. The van der Waals surface area contributed by atoms with Crippen LogP contribution in [0.25, 0.3) is 0 Å². The zero-order valence-electron chi connectivity index (χ0n) is 10.8. The summed E-state index contributed by atoms with van der Waals surface area (Å²) in [6.45, 7) is 0.655. The largest absolute Gasteiger partial charge is 0.480 e. The number of hydrogen-bond acceptors (Lipinski definition) is 4. The van der Waals surface area contributed by atoms with Crippen molar-refractivity contribution in [1.29, 1.82) is 0 Å². The lowest BCUT2D eigenvalue weighted by Crippen LogP contribution is -2.31. The molecule has 1 N–H and O–H groups in total. The molecule has 2 rings (SSSR count). The van der Waals surface area contributed by atoms with E-state index in [1.165, 1.54) is 7.11 Å². The molecule has 1 aromatic rings. The smallest absolute Gasteiger partial charge is 0.337 e. The summed E-state index contributed by atoms with van der Waals surface area (Å²) < 4.78 is 4.63. The summed E-state index contributed by atoms with van der Waals surface area (Å²) in [5.74, 6) is -1.17. The molecule has 0 bridgehead atoms. The van der Waals surface area contributed by atoms with E-state index in [1.54, 1.807) is 12.1 Å². The highest BCUT2D eigenvalue weighted by molar-refractivity contribution is 5.89. The van der Waals surface area contributed by atoms with E-state index in [0.29, 0.717) is 18.2 Å². The topological polar surface area (TPSA) is 66.8 Å². The molecule has 0 aliphatic heterocycles. The van der Waals surface area contributed by atoms with Gasteiger partial charge < -0.3 is 9.84 Å². The zero-order chi connectivity index (χ0) is 13.8. The fraction of sp³-hybridized carbons (Fsp3) is 0.429. The molecule has 1 aliphatic carbocycles. The van der Waals surface area contributed by atoms with Gasteiger partial charge in [0.15, 0.2) is 0 Å². The maximum atomic E-state index is 11.3. The second-order valence-electron chi connectivity index (χ2n) is 4.72. The van der Waals surface area contributed by atoms with Crippen LogP contribution in [0.2, 0.25) is 0 Å². The Morgan fingerprint density at radius 2 is 1.95 bits per heavy atom. The van der Waals surface area contributed by atoms with Crippen molar-refractivity contribution in [2.75, 3.05) is 13.7 Å². The monoisotopic (exact) mass is 263 g/mol. The van der Waals surface area contributed by atoms with Gasteiger partial charge in [-0.25, -0.2) is 4.79 Å². The maximum absolute atomic E-state index is 11.3. The Kier molecular flexibility index (Phi) is 4.16. The van der Waals surface area contributed by atoms with Gasteiger partial charge in [-0.3, -0.25) is 9.69 Å². The van der Waals surface area contributed by atoms with Crippen molar-refractivity contribution in [3.05, 3.63) is 35.4 Å². The number of esters is 1. The van der Waals surface area contributed by atoms with Gasteiger partial charge in [0.1, 0.15) is 0 Å². The highest BCUT2D eigenvalue weighted by Gasteiger charge is 2.30. The van der Waals surface area contributed by atoms with Crippen LogP contribution in [0.3, 0.4) is 0 Å². The minimum Gasteiger partial charge on any atom is -0.480 e. The number of carboxylic acids is 1. The standard InChI is InChI=1S/C14H17NO4/c1-19-14(18)11-4-2-10(3-5-11)8-15(9-13(16)17)12-6-7-12/h2-5,12H,6-9H2,1H3,(H,16,17). The molecule has 0 heterocycles. The maximum Gasteiger partial charge on any atom is 0.337 e. The predicted octanol–water partition coefficient (Wildman–Crippen LogP) is 1.52. The first-order chi connectivity index (χ1) is 9.10. The van der Waals surface area contributed by atoms with Crippen LogP contribution in [0.4, 0.5) is 0 Å². The average Bonchev–Trinajstić information content (AvgIpc) is 3.21. The van der Waals surface area contributed by atoms with Gasteiger partial charge in [0.25, 0.3) is 0 Å². The van der Waals surface area contributed by atoms with E-state index < -0.39 is 5.97 Å². The van der Waals surface area contributed by atoms with E-state index in [2.05, 4.69) is 4.74 Å². The minimum absolute atomic E-state index is 0.0589. The molecule has 0 radical (unpaired) electrons. The number of nitrogens with zero attached hydrogens (tertiary/aromatic N) is 1. The van der Waals surface area contributed by atoms with Gasteiger partial charge in [-0.15, -0.1) is 0 Å². The van der Waals surface area contributed by atoms with E-state index in [-0.39, 0.29) is 12.5 Å². The molecule has 0 amide bonds. The minimum atomic E-state index is -0.807. The van der Waals surface area contributed by atoms with Gasteiger partial charge >= 0.3 is 11.9 Å². The lowest BCUT2D eigenvalue weighted by Gasteiger charge is -2.19. The van der Waals surface area contributed by atoms with Crippen LogP contribution in [-0.2, 0) is 16.1 Å². The van der Waals surface area contributed by atoms with Gasteiger partial charge in [-0.1, -0.05) is 12.1 Å². The number of aliphatic carboxylic acids is 1. The molecule has 5 heteroatoms. The molecular formula is C14H17NO4. The van der Waals surface area contributed by atoms with E-state index in [4.69, 9.17) is 5.11 Å². The highest BCUT2D eigenvalue weighted by Crippen LogP contribution is 2.28. The molecule has 1 aromatic carbocycles. The third-order valence-electron chi connectivity index (χ3n) is 3.16. The van der Waals surface area contributed by atoms with Gasteiger partial charge in [0.2, 0.25) is 0 Å². The Labute approximate surface area is 111 Å². The Morgan fingerprint density at radius 1 is 1.32 bits per heavy atom. The third-order valence-corrected chi connectivity index (χ3v) is 3.16. The second-order valence-corrected chi connectivity index (χ2v) is 4.72. The number of ether oxygens (including phenoxy) is 1. The number of benzene rings is 1. The van der Waals surface area contributed by atoms with Gasteiger partial charge in [0, 0.05) is 12.6 Å². The normalized spacial score (nSPS) is 14.4. The summed E-state index contributed by atoms with van der Waals surface area (Å²) in [5, 5.41) is 8.88. The van der Waals surface area contributed by atoms with E-state index in [1.807, 2.05) is 17.0 Å². The van der Waals surface area contributed by atoms with Crippen LogP contribution in [0.5, 0.6) is 0 Å². The SMILES string of the molecule is COC(=O)c1ccc(CN(CC(=O)O)C2CC2)cc1. The molecule has 102 valence electrons. The Balaban J connectivity index is 2.01. The number of rotatable bonds is 6. The summed E-state index contributed by atoms with van der Waals surface area (Å²) in [4.78, 5) is 24.1. The zero-order valence-corrected chi connectivity index (χ0v) is 10.8.